The van der Waals surface area contributed by atoms with Gasteiger partial charge < -0.3 is 5.32 Å². The van der Waals surface area contributed by atoms with Crippen molar-refractivity contribution >= 4 is 0 Å². The number of aryl methyl sites for hydroxylation is 1. The lowest BCUT2D eigenvalue weighted by atomic mass is 10.1. The minimum atomic E-state index is 0.718. The Morgan fingerprint density at radius 1 is 1.47 bits per heavy atom. The minimum Gasteiger partial charge on any atom is -0.314 e. The fourth-order valence-electron chi connectivity index (χ4n) is 1.97. The van der Waals surface area contributed by atoms with Gasteiger partial charge in [0.05, 0.1) is 0 Å². The number of pyridine rings is 1. The molecule has 82 valence electrons. The molecule has 0 atom stereocenters. The van der Waals surface area contributed by atoms with E-state index in [1.165, 1.54) is 11.1 Å². The van der Waals surface area contributed by atoms with E-state index in [9.17, 15) is 0 Å². The summed E-state index contributed by atoms with van der Waals surface area (Å²) in [7, 11) is 0. The third-order valence-corrected chi connectivity index (χ3v) is 3.00. The summed E-state index contributed by atoms with van der Waals surface area (Å²) < 4.78 is 0. The van der Waals surface area contributed by atoms with Gasteiger partial charge in [0.25, 0.3) is 0 Å². The van der Waals surface area contributed by atoms with Gasteiger partial charge >= 0.3 is 0 Å². The van der Waals surface area contributed by atoms with Gasteiger partial charge in [0.1, 0.15) is 0 Å². The Labute approximate surface area is 91.5 Å². The first-order chi connectivity index (χ1) is 7.29. The topological polar surface area (TPSA) is 28.2 Å². The van der Waals surface area contributed by atoms with Crippen LogP contribution in [0.5, 0.6) is 0 Å². The fourth-order valence-corrected chi connectivity index (χ4v) is 1.97. The highest BCUT2D eigenvalue weighted by molar-refractivity contribution is 5.16. The molecular weight excluding hydrogens is 186 g/mol. The standard InChI is InChI=1S/C12H19N3/c1-3-15(12-7-14-8-12)9-11-4-10(2)5-13-6-11/h4-6,12,14H,3,7-9H2,1-2H3. The van der Waals surface area contributed by atoms with Crippen LogP contribution in [-0.4, -0.2) is 35.6 Å². The SMILES string of the molecule is CCN(Cc1cncc(C)c1)C1CNC1. The van der Waals surface area contributed by atoms with Gasteiger partial charge in [0.15, 0.2) is 0 Å². The number of aromatic nitrogens is 1. The summed E-state index contributed by atoms with van der Waals surface area (Å²) in [6.07, 6.45) is 3.88. The van der Waals surface area contributed by atoms with Crippen LogP contribution >= 0.6 is 0 Å². The number of hydrogen-bond donors (Lipinski definition) is 1. The van der Waals surface area contributed by atoms with Crippen LogP contribution in [0, 0.1) is 6.92 Å². The van der Waals surface area contributed by atoms with E-state index in [1.54, 1.807) is 0 Å². The van der Waals surface area contributed by atoms with E-state index in [1.807, 2.05) is 12.4 Å². The lowest BCUT2D eigenvalue weighted by molar-refractivity contribution is 0.145. The lowest BCUT2D eigenvalue weighted by Crippen LogP contribution is -2.56. The smallest absolute Gasteiger partial charge is 0.0348 e. The number of nitrogens with one attached hydrogen (secondary N) is 1. The van der Waals surface area contributed by atoms with Crippen molar-refractivity contribution in [1.82, 2.24) is 15.2 Å². The monoisotopic (exact) mass is 205 g/mol. The van der Waals surface area contributed by atoms with Gasteiger partial charge in [-0.2, -0.15) is 0 Å². The first kappa shape index (κ1) is 10.6. The molecule has 1 aromatic heterocycles. The van der Waals surface area contributed by atoms with Crippen molar-refractivity contribution < 1.29 is 0 Å². The summed E-state index contributed by atoms with van der Waals surface area (Å²) in [5.41, 5.74) is 2.57. The summed E-state index contributed by atoms with van der Waals surface area (Å²) in [5.74, 6) is 0. The van der Waals surface area contributed by atoms with Gasteiger partial charge in [-0.3, -0.25) is 9.88 Å². The third-order valence-electron chi connectivity index (χ3n) is 3.00. The van der Waals surface area contributed by atoms with Crippen LogP contribution in [0.3, 0.4) is 0 Å². The Hall–Kier alpha value is -0.930. The molecule has 2 rings (SSSR count). The van der Waals surface area contributed by atoms with Crippen molar-refractivity contribution in [2.24, 2.45) is 0 Å². The van der Waals surface area contributed by atoms with Gasteiger partial charge in [-0.25, -0.2) is 0 Å². The average Bonchev–Trinajstić information content (AvgIpc) is 2.14. The van der Waals surface area contributed by atoms with Crippen LogP contribution in [0.2, 0.25) is 0 Å². The minimum absolute atomic E-state index is 0.718. The number of nitrogens with zero attached hydrogens (tertiary/aromatic N) is 2. The van der Waals surface area contributed by atoms with E-state index in [2.05, 4.69) is 35.1 Å². The summed E-state index contributed by atoms with van der Waals surface area (Å²) in [6, 6.07) is 2.94. The maximum Gasteiger partial charge on any atom is 0.0348 e. The van der Waals surface area contributed by atoms with Crippen molar-refractivity contribution in [2.75, 3.05) is 19.6 Å². The maximum absolute atomic E-state index is 4.23. The van der Waals surface area contributed by atoms with E-state index in [4.69, 9.17) is 0 Å². The Kier molecular flexibility index (Phi) is 3.34. The first-order valence-corrected chi connectivity index (χ1v) is 5.65. The molecule has 0 aromatic carbocycles. The van der Waals surface area contributed by atoms with Crippen molar-refractivity contribution in [1.29, 1.82) is 0 Å². The van der Waals surface area contributed by atoms with Gasteiger partial charge in [-0.05, 0) is 24.6 Å². The van der Waals surface area contributed by atoms with Crippen LogP contribution in [0.15, 0.2) is 18.5 Å². The fraction of sp³-hybridized carbons (Fsp3) is 0.583. The molecule has 1 aliphatic rings. The highest BCUT2D eigenvalue weighted by atomic mass is 15.2. The Morgan fingerprint density at radius 3 is 2.80 bits per heavy atom. The zero-order chi connectivity index (χ0) is 10.7. The van der Waals surface area contributed by atoms with Gasteiger partial charge in [0.2, 0.25) is 0 Å². The summed E-state index contributed by atoms with van der Waals surface area (Å²) in [6.45, 7) is 8.72. The van der Waals surface area contributed by atoms with Crippen molar-refractivity contribution in [3.63, 3.8) is 0 Å². The normalized spacial score (nSPS) is 16.7. The van der Waals surface area contributed by atoms with Crippen LogP contribution in [0.25, 0.3) is 0 Å². The molecule has 1 saturated heterocycles. The molecule has 1 fully saturated rings. The molecule has 2 heterocycles. The maximum atomic E-state index is 4.23. The van der Waals surface area contributed by atoms with E-state index in [-0.39, 0.29) is 0 Å². The molecule has 0 radical (unpaired) electrons. The molecule has 0 unspecified atom stereocenters. The Morgan fingerprint density at radius 2 is 2.27 bits per heavy atom. The van der Waals surface area contributed by atoms with E-state index in [0.717, 1.165) is 32.2 Å². The second-order valence-corrected chi connectivity index (χ2v) is 4.25. The average molecular weight is 205 g/mol. The predicted octanol–water partition coefficient (Wildman–Crippen LogP) is 1.18. The van der Waals surface area contributed by atoms with Crippen molar-refractivity contribution in [3.05, 3.63) is 29.6 Å². The zero-order valence-corrected chi connectivity index (χ0v) is 9.53. The largest absolute Gasteiger partial charge is 0.314 e. The van der Waals surface area contributed by atoms with E-state index >= 15 is 0 Å². The molecule has 3 nitrogen and oxygen atoms in total. The molecule has 3 heteroatoms. The Bertz CT molecular complexity index is 320. The van der Waals surface area contributed by atoms with E-state index in [0.29, 0.717) is 0 Å². The highest BCUT2D eigenvalue weighted by Crippen LogP contribution is 2.11. The second-order valence-electron chi connectivity index (χ2n) is 4.25. The summed E-state index contributed by atoms with van der Waals surface area (Å²) in [5, 5.41) is 3.32. The Balaban J connectivity index is 1.99. The number of likely N-dealkylation sites (N-methyl/N-ethyl adjacent to an activating group) is 1. The molecule has 15 heavy (non-hydrogen) atoms. The molecular formula is C12H19N3. The summed E-state index contributed by atoms with van der Waals surface area (Å²) >= 11 is 0. The van der Waals surface area contributed by atoms with Gasteiger partial charge in [0, 0.05) is 38.1 Å². The summed E-state index contributed by atoms with van der Waals surface area (Å²) in [4.78, 5) is 6.74. The molecule has 1 aromatic rings. The van der Waals surface area contributed by atoms with Gasteiger partial charge in [-0.15, -0.1) is 0 Å². The lowest BCUT2D eigenvalue weighted by Gasteiger charge is -2.37. The molecule has 0 amide bonds. The highest BCUT2D eigenvalue weighted by Gasteiger charge is 2.23. The van der Waals surface area contributed by atoms with Crippen LogP contribution in [0.1, 0.15) is 18.1 Å². The molecule has 0 spiro atoms. The molecule has 0 aliphatic carbocycles. The molecule has 0 saturated carbocycles. The van der Waals surface area contributed by atoms with E-state index < -0.39 is 0 Å². The first-order valence-electron chi connectivity index (χ1n) is 5.65. The molecule has 1 N–H and O–H groups in total. The predicted molar refractivity (Wildman–Crippen MR) is 61.7 cm³/mol. The molecule has 1 aliphatic heterocycles. The third kappa shape index (κ3) is 2.55. The van der Waals surface area contributed by atoms with Crippen molar-refractivity contribution in [3.8, 4) is 0 Å². The second kappa shape index (κ2) is 4.73. The van der Waals surface area contributed by atoms with Crippen LogP contribution < -0.4 is 5.32 Å². The quantitative estimate of drug-likeness (QED) is 0.800. The van der Waals surface area contributed by atoms with Crippen LogP contribution in [0.4, 0.5) is 0 Å². The van der Waals surface area contributed by atoms with Gasteiger partial charge in [-0.1, -0.05) is 13.0 Å². The number of hydrogen-bond acceptors (Lipinski definition) is 3. The van der Waals surface area contributed by atoms with Crippen LogP contribution in [-0.2, 0) is 6.54 Å². The van der Waals surface area contributed by atoms with Crippen molar-refractivity contribution in [2.45, 2.75) is 26.4 Å². The zero-order valence-electron chi connectivity index (χ0n) is 9.53. The molecule has 0 bridgehead atoms. The number of rotatable bonds is 4.